The topological polar surface area (TPSA) is 68.0 Å². The lowest BCUT2D eigenvalue weighted by Crippen LogP contribution is -2.31. The van der Waals surface area contributed by atoms with E-state index < -0.39 is 29.1 Å². The van der Waals surface area contributed by atoms with Crippen molar-refractivity contribution < 1.29 is 18.0 Å². The highest BCUT2D eigenvalue weighted by Crippen LogP contribution is 2.26. The molecule has 29 heavy (non-hydrogen) atoms. The van der Waals surface area contributed by atoms with Crippen molar-refractivity contribution in [2.24, 2.45) is 0 Å². The maximum absolute atomic E-state index is 14.0. The van der Waals surface area contributed by atoms with Crippen LogP contribution in [0.5, 0.6) is 0 Å². The number of halogens is 2. The Labute approximate surface area is 165 Å². The van der Waals surface area contributed by atoms with Crippen molar-refractivity contribution in [1.29, 1.82) is 0 Å². The first kappa shape index (κ1) is 18.5. The van der Waals surface area contributed by atoms with Crippen molar-refractivity contribution in [3.63, 3.8) is 0 Å². The number of nitrogens with zero attached hydrogens (tertiary/aromatic N) is 2. The van der Waals surface area contributed by atoms with Crippen molar-refractivity contribution in [2.45, 2.75) is 6.04 Å². The number of hydrogen-bond donors (Lipinski definition) is 1. The minimum Gasteiger partial charge on any atom is -0.418 e. The zero-order valence-electron chi connectivity index (χ0n) is 15.0. The lowest BCUT2D eigenvalue weighted by atomic mass is 10.1. The van der Waals surface area contributed by atoms with Crippen LogP contribution in [0.15, 0.2) is 83.3 Å². The fraction of sp³-hybridized carbons (Fsp3) is 0.0455. The van der Waals surface area contributed by atoms with E-state index >= 15 is 0 Å². The molecule has 4 aromatic rings. The molecule has 0 saturated carbocycles. The highest BCUT2D eigenvalue weighted by Gasteiger charge is 2.26. The van der Waals surface area contributed by atoms with Crippen LogP contribution in [0.25, 0.3) is 11.5 Å². The first-order valence-electron chi connectivity index (χ1n) is 8.82. The Bertz CT molecular complexity index is 1110. The molecule has 0 fully saturated rings. The van der Waals surface area contributed by atoms with Crippen LogP contribution in [0.3, 0.4) is 0 Å². The third-order valence-electron chi connectivity index (χ3n) is 4.31. The molecule has 1 atom stereocenters. The second-order valence-corrected chi connectivity index (χ2v) is 6.23. The molecule has 0 bridgehead atoms. The Hall–Kier alpha value is -3.87. The average molecular weight is 391 g/mol. The molecule has 0 aliphatic heterocycles. The molecule has 0 unspecified atom stereocenters. The molecule has 1 amide bonds. The summed E-state index contributed by atoms with van der Waals surface area (Å²) >= 11 is 0. The number of hydrogen-bond acceptors (Lipinski definition) is 4. The van der Waals surface area contributed by atoms with Crippen LogP contribution >= 0.6 is 0 Å². The smallest absolute Gasteiger partial charge is 0.258 e. The van der Waals surface area contributed by atoms with Gasteiger partial charge in [0.1, 0.15) is 23.2 Å². The van der Waals surface area contributed by atoms with Gasteiger partial charge in [-0.3, -0.25) is 4.79 Å². The zero-order chi connectivity index (χ0) is 20.2. The van der Waals surface area contributed by atoms with Gasteiger partial charge in [-0.15, -0.1) is 10.2 Å². The number of rotatable bonds is 5. The molecule has 144 valence electrons. The van der Waals surface area contributed by atoms with Gasteiger partial charge in [0.25, 0.3) is 5.91 Å². The SMILES string of the molecule is O=C(N[C@@H](c1ccccc1)c1nnc(-c2ccccc2)o1)c1c(F)cccc1F. The van der Waals surface area contributed by atoms with Gasteiger partial charge in [0.05, 0.1) is 0 Å². The Morgan fingerprint density at radius 1 is 0.828 bits per heavy atom. The number of nitrogens with one attached hydrogen (secondary N) is 1. The van der Waals surface area contributed by atoms with E-state index in [2.05, 4.69) is 15.5 Å². The van der Waals surface area contributed by atoms with E-state index in [4.69, 9.17) is 4.42 Å². The summed E-state index contributed by atoms with van der Waals surface area (Å²) in [5, 5.41) is 10.7. The van der Waals surface area contributed by atoms with Gasteiger partial charge in [0.2, 0.25) is 11.8 Å². The standard InChI is InChI=1S/C22H15F2N3O2/c23-16-12-7-13-17(24)18(16)20(28)25-19(14-8-3-1-4-9-14)22-27-26-21(29-22)15-10-5-2-6-11-15/h1-13,19H,(H,25,28)/t19-/m0/s1. The summed E-state index contributed by atoms with van der Waals surface area (Å²) in [7, 11) is 0. The molecule has 0 radical (unpaired) electrons. The Kier molecular flexibility index (Phi) is 5.11. The lowest BCUT2D eigenvalue weighted by molar-refractivity contribution is 0.0929. The molecule has 0 spiro atoms. The van der Waals surface area contributed by atoms with Gasteiger partial charge in [-0.2, -0.15) is 0 Å². The molecule has 0 aliphatic rings. The van der Waals surface area contributed by atoms with Crippen LogP contribution in [0.1, 0.15) is 27.9 Å². The minimum atomic E-state index is -0.954. The van der Waals surface area contributed by atoms with Gasteiger partial charge in [-0.1, -0.05) is 54.6 Å². The van der Waals surface area contributed by atoms with E-state index in [1.807, 2.05) is 36.4 Å². The van der Waals surface area contributed by atoms with E-state index in [0.29, 0.717) is 11.1 Å². The molecular formula is C22H15F2N3O2. The quantitative estimate of drug-likeness (QED) is 0.543. The van der Waals surface area contributed by atoms with Crippen LogP contribution < -0.4 is 5.32 Å². The van der Waals surface area contributed by atoms with E-state index in [0.717, 1.165) is 12.1 Å². The Balaban J connectivity index is 1.70. The normalized spacial score (nSPS) is 11.8. The van der Waals surface area contributed by atoms with Crippen molar-refractivity contribution in [1.82, 2.24) is 15.5 Å². The predicted molar refractivity (Wildman–Crippen MR) is 102 cm³/mol. The largest absolute Gasteiger partial charge is 0.418 e. The van der Waals surface area contributed by atoms with Crippen LogP contribution in [0.2, 0.25) is 0 Å². The number of carbonyl (C=O) groups excluding carboxylic acids is 1. The Morgan fingerprint density at radius 2 is 1.45 bits per heavy atom. The molecule has 5 nitrogen and oxygen atoms in total. The third-order valence-corrected chi connectivity index (χ3v) is 4.31. The molecular weight excluding hydrogens is 376 g/mol. The summed E-state index contributed by atoms with van der Waals surface area (Å²) in [6.07, 6.45) is 0. The van der Waals surface area contributed by atoms with E-state index in [1.54, 1.807) is 24.3 Å². The molecule has 1 heterocycles. The second kappa shape index (κ2) is 8.02. The van der Waals surface area contributed by atoms with Gasteiger partial charge < -0.3 is 9.73 Å². The Morgan fingerprint density at radius 3 is 2.10 bits per heavy atom. The summed E-state index contributed by atoms with van der Waals surface area (Å²) in [5.41, 5.74) is 0.668. The van der Waals surface area contributed by atoms with E-state index in [9.17, 15) is 13.6 Å². The second-order valence-electron chi connectivity index (χ2n) is 6.23. The van der Waals surface area contributed by atoms with E-state index in [-0.39, 0.29) is 11.8 Å². The maximum atomic E-state index is 14.0. The van der Waals surface area contributed by atoms with E-state index in [1.165, 1.54) is 6.07 Å². The fourth-order valence-electron chi connectivity index (χ4n) is 2.90. The molecule has 7 heteroatoms. The third kappa shape index (κ3) is 3.89. The van der Waals surface area contributed by atoms with Crippen LogP contribution in [-0.2, 0) is 0 Å². The van der Waals surface area contributed by atoms with Gasteiger partial charge in [-0.25, -0.2) is 8.78 Å². The number of benzene rings is 3. The molecule has 1 N–H and O–H groups in total. The molecule has 3 aromatic carbocycles. The number of carbonyl (C=O) groups is 1. The first-order chi connectivity index (χ1) is 14.1. The van der Waals surface area contributed by atoms with Crippen molar-refractivity contribution >= 4 is 5.91 Å². The van der Waals surface area contributed by atoms with Crippen molar-refractivity contribution in [3.05, 3.63) is 108 Å². The number of amides is 1. The number of aromatic nitrogens is 2. The summed E-state index contributed by atoms with van der Waals surface area (Å²) in [4.78, 5) is 12.6. The van der Waals surface area contributed by atoms with Crippen molar-refractivity contribution in [3.8, 4) is 11.5 Å². The summed E-state index contributed by atoms with van der Waals surface area (Å²) in [6.45, 7) is 0. The van der Waals surface area contributed by atoms with Gasteiger partial charge in [0.15, 0.2) is 0 Å². The first-order valence-corrected chi connectivity index (χ1v) is 8.82. The van der Waals surface area contributed by atoms with Gasteiger partial charge >= 0.3 is 0 Å². The molecule has 1 aromatic heterocycles. The zero-order valence-corrected chi connectivity index (χ0v) is 15.0. The van der Waals surface area contributed by atoms with Crippen LogP contribution in [0.4, 0.5) is 8.78 Å². The van der Waals surface area contributed by atoms with Crippen LogP contribution in [0, 0.1) is 11.6 Å². The summed E-state index contributed by atoms with van der Waals surface area (Å²) in [5.74, 6) is -2.46. The molecule has 4 rings (SSSR count). The minimum absolute atomic E-state index is 0.0974. The lowest BCUT2D eigenvalue weighted by Gasteiger charge is -2.16. The molecule has 0 saturated heterocycles. The van der Waals surface area contributed by atoms with Crippen molar-refractivity contribution in [2.75, 3.05) is 0 Å². The van der Waals surface area contributed by atoms with Gasteiger partial charge in [0, 0.05) is 5.56 Å². The summed E-state index contributed by atoms with van der Waals surface area (Å²) < 4.78 is 33.8. The monoisotopic (exact) mass is 391 g/mol. The highest BCUT2D eigenvalue weighted by atomic mass is 19.1. The maximum Gasteiger partial charge on any atom is 0.258 e. The van der Waals surface area contributed by atoms with Gasteiger partial charge in [-0.05, 0) is 29.8 Å². The summed E-state index contributed by atoms with van der Waals surface area (Å²) in [6, 6.07) is 20.3. The van der Waals surface area contributed by atoms with Crippen LogP contribution in [-0.4, -0.2) is 16.1 Å². The highest BCUT2D eigenvalue weighted by molar-refractivity contribution is 5.95. The molecule has 0 aliphatic carbocycles. The predicted octanol–water partition coefficient (Wildman–Crippen LogP) is 4.53. The fourth-order valence-corrected chi connectivity index (χ4v) is 2.90. The average Bonchev–Trinajstić information content (AvgIpc) is 3.23.